The van der Waals surface area contributed by atoms with Crippen LogP contribution in [0.1, 0.15) is 35.3 Å². The number of aromatic nitrogens is 3. The lowest BCUT2D eigenvalue weighted by Gasteiger charge is -2.17. The first-order chi connectivity index (χ1) is 19.2. The van der Waals surface area contributed by atoms with Gasteiger partial charge in [-0.2, -0.15) is 5.10 Å². The Hall–Kier alpha value is -3.91. The number of carbonyl (C=O) groups is 2. The smallest absolute Gasteiger partial charge is 0.305 e. The third-order valence-electron chi connectivity index (χ3n) is 6.48. The molecule has 0 fully saturated rings. The number of fused-ring (bicyclic) bond motifs is 1. The van der Waals surface area contributed by atoms with Gasteiger partial charge in [-0.1, -0.05) is 53.0 Å². The molecule has 1 unspecified atom stereocenters. The summed E-state index contributed by atoms with van der Waals surface area (Å²) in [5, 5.41) is 18.9. The topological polar surface area (TPSA) is 97.1 Å². The van der Waals surface area contributed by atoms with E-state index in [-0.39, 0.29) is 24.9 Å². The van der Waals surface area contributed by atoms with Crippen LogP contribution in [0.2, 0.25) is 15.1 Å². The van der Waals surface area contributed by atoms with E-state index >= 15 is 0 Å². The van der Waals surface area contributed by atoms with E-state index in [1.54, 1.807) is 24.4 Å². The second kappa shape index (κ2) is 11.7. The average molecular weight is 594 g/mol. The van der Waals surface area contributed by atoms with Crippen LogP contribution in [0, 0.1) is 0 Å². The molecule has 40 heavy (non-hydrogen) atoms. The van der Waals surface area contributed by atoms with Gasteiger partial charge >= 0.3 is 5.97 Å². The van der Waals surface area contributed by atoms with E-state index in [2.05, 4.69) is 10.3 Å². The second-order valence-corrected chi connectivity index (χ2v) is 10.6. The molecule has 3 aromatic carbocycles. The lowest BCUT2D eigenvalue weighted by molar-refractivity contribution is -0.136. The number of benzene rings is 3. The summed E-state index contributed by atoms with van der Waals surface area (Å²) < 4.78 is 1.91. The first-order valence-electron chi connectivity index (χ1n) is 12.4. The number of amides is 1. The lowest BCUT2D eigenvalue weighted by atomic mass is 10.0. The van der Waals surface area contributed by atoms with Crippen LogP contribution in [-0.2, 0) is 4.79 Å². The molecule has 2 aromatic heterocycles. The van der Waals surface area contributed by atoms with Crippen molar-refractivity contribution in [2.75, 3.05) is 6.54 Å². The first kappa shape index (κ1) is 27.6. The summed E-state index contributed by atoms with van der Waals surface area (Å²) in [5.74, 6) is -1.30. The van der Waals surface area contributed by atoms with Gasteiger partial charge in [-0.3, -0.25) is 19.3 Å². The molecule has 7 nitrogen and oxygen atoms in total. The number of nitrogens with one attached hydrogen (secondary N) is 1. The number of nitrogens with zero attached hydrogens (tertiary/aromatic N) is 3. The number of carbonyl (C=O) groups excluding carboxylic acids is 1. The number of pyridine rings is 1. The zero-order chi connectivity index (χ0) is 28.4. The summed E-state index contributed by atoms with van der Waals surface area (Å²) in [5.41, 5.74) is 5.31. The van der Waals surface area contributed by atoms with E-state index < -0.39 is 5.97 Å². The second-order valence-electron chi connectivity index (χ2n) is 9.28. The first-order valence-corrected chi connectivity index (χ1v) is 13.5. The SMILES string of the molecule is CC(c1ccc(C(=O)NCCC(=O)O)cc1)n1nc(-c2cc(Cl)cc(Cl)c2)cc1-c1cnc2cc(Cl)ccc2c1. The molecule has 2 N–H and O–H groups in total. The van der Waals surface area contributed by atoms with Crippen LogP contribution >= 0.6 is 34.8 Å². The predicted octanol–water partition coefficient (Wildman–Crippen LogP) is 7.54. The van der Waals surface area contributed by atoms with Crippen molar-refractivity contribution in [1.29, 1.82) is 0 Å². The van der Waals surface area contributed by atoms with E-state index in [4.69, 9.17) is 45.0 Å². The summed E-state index contributed by atoms with van der Waals surface area (Å²) in [4.78, 5) is 27.7. The fourth-order valence-electron chi connectivity index (χ4n) is 4.42. The number of halogens is 3. The summed E-state index contributed by atoms with van der Waals surface area (Å²) in [7, 11) is 0. The normalized spacial score (nSPS) is 11.9. The van der Waals surface area contributed by atoms with Crippen LogP contribution < -0.4 is 5.32 Å². The van der Waals surface area contributed by atoms with Gasteiger partial charge in [0.25, 0.3) is 5.91 Å². The van der Waals surface area contributed by atoms with Gasteiger partial charge in [0.1, 0.15) is 0 Å². The Labute approximate surface area is 245 Å². The summed E-state index contributed by atoms with van der Waals surface area (Å²) in [6.45, 7) is 2.08. The molecule has 1 amide bonds. The molecule has 0 radical (unpaired) electrons. The highest BCUT2D eigenvalue weighted by molar-refractivity contribution is 6.35. The lowest BCUT2D eigenvalue weighted by Crippen LogP contribution is -2.26. The highest BCUT2D eigenvalue weighted by Crippen LogP contribution is 2.34. The number of carboxylic acids is 1. The Bertz CT molecular complexity index is 1710. The minimum atomic E-state index is -0.968. The van der Waals surface area contributed by atoms with E-state index in [0.29, 0.717) is 26.3 Å². The maximum absolute atomic E-state index is 12.4. The molecule has 0 aliphatic heterocycles. The van der Waals surface area contributed by atoms with Crippen LogP contribution in [0.4, 0.5) is 0 Å². The van der Waals surface area contributed by atoms with Crippen molar-refractivity contribution in [3.05, 3.63) is 105 Å². The van der Waals surface area contributed by atoms with Gasteiger partial charge < -0.3 is 10.4 Å². The van der Waals surface area contributed by atoms with Crippen LogP contribution in [0.15, 0.2) is 79.0 Å². The number of hydrogen-bond donors (Lipinski definition) is 2. The zero-order valence-corrected chi connectivity index (χ0v) is 23.5. The van der Waals surface area contributed by atoms with Gasteiger partial charge in [0, 0.05) is 49.9 Å². The Morgan fingerprint density at radius 1 is 0.900 bits per heavy atom. The van der Waals surface area contributed by atoms with Crippen molar-refractivity contribution >= 4 is 57.6 Å². The van der Waals surface area contributed by atoms with Gasteiger partial charge in [-0.15, -0.1) is 0 Å². The number of rotatable bonds is 8. The van der Waals surface area contributed by atoms with Crippen LogP contribution in [0.3, 0.4) is 0 Å². The fourth-order valence-corrected chi connectivity index (χ4v) is 5.11. The maximum atomic E-state index is 12.4. The summed E-state index contributed by atoms with van der Waals surface area (Å²) >= 11 is 18.7. The molecule has 10 heteroatoms. The van der Waals surface area contributed by atoms with Crippen molar-refractivity contribution in [2.45, 2.75) is 19.4 Å². The Morgan fingerprint density at radius 2 is 1.62 bits per heavy atom. The van der Waals surface area contributed by atoms with Crippen molar-refractivity contribution in [3.8, 4) is 22.5 Å². The highest BCUT2D eigenvalue weighted by atomic mass is 35.5. The molecule has 202 valence electrons. The van der Waals surface area contributed by atoms with Crippen molar-refractivity contribution in [3.63, 3.8) is 0 Å². The number of aliphatic carboxylic acids is 1. The molecule has 5 rings (SSSR count). The third-order valence-corrected chi connectivity index (χ3v) is 7.15. The monoisotopic (exact) mass is 592 g/mol. The Kier molecular flexibility index (Phi) is 8.07. The van der Waals surface area contributed by atoms with Crippen molar-refractivity contribution < 1.29 is 14.7 Å². The molecule has 0 spiro atoms. The molecule has 2 heterocycles. The van der Waals surface area contributed by atoms with E-state index in [1.807, 2.05) is 66.2 Å². The molecule has 1 atom stereocenters. The minimum Gasteiger partial charge on any atom is -0.481 e. The Balaban J connectivity index is 1.53. The quantitative estimate of drug-likeness (QED) is 0.194. The van der Waals surface area contributed by atoms with Crippen LogP contribution in [0.5, 0.6) is 0 Å². The van der Waals surface area contributed by atoms with Crippen LogP contribution in [-0.4, -0.2) is 38.3 Å². The third kappa shape index (κ3) is 6.12. The highest BCUT2D eigenvalue weighted by Gasteiger charge is 2.19. The molecular formula is C30H23Cl3N4O3. The van der Waals surface area contributed by atoms with Crippen LogP contribution in [0.25, 0.3) is 33.4 Å². The zero-order valence-electron chi connectivity index (χ0n) is 21.2. The Morgan fingerprint density at radius 3 is 2.33 bits per heavy atom. The molecule has 0 bridgehead atoms. The summed E-state index contributed by atoms with van der Waals surface area (Å²) in [6.07, 6.45) is 1.65. The van der Waals surface area contributed by atoms with E-state index in [0.717, 1.165) is 33.3 Å². The molecule has 5 aromatic rings. The van der Waals surface area contributed by atoms with Crippen molar-refractivity contribution in [2.24, 2.45) is 0 Å². The van der Waals surface area contributed by atoms with E-state index in [1.165, 1.54) is 0 Å². The maximum Gasteiger partial charge on any atom is 0.305 e. The largest absolute Gasteiger partial charge is 0.481 e. The molecule has 0 aliphatic carbocycles. The van der Waals surface area contributed by atoms with Gasteiger partial charge in [0.15, 0.2) is 0 Å². The standard InChI is InChI=1S/C30H23Cl3N4O3/c1-17(18-2-4-19(5-3-18)30(40)34-9-8-29(38)39)37-28(15-27(36-37)21-11-24(32)13-25(33)12-21)22-10-20-6-7-23(31)14-26(20)35-16-22/h2-7,10-17H,8-9H2,1H3,(H,34,40)(H,38,39). The number of hydrogen-bond acceptors (Lipinski definition) is 4. The predicted molar refractivity (Wildman–Crippen MR) is 158 cm³/mol. The molecule has 0 saturated carbocycles. The van der Waals surface area contributed by atoms with E-state index in [9.17, 15) is 9.59 Å². The van der Waals surface area contributed by atoms with Gasteiger partial charge in [-0.25, -0.2) is 0 Å². The molecule has 0 saturated heterocycles. The van der Waals surface area contributed by atoms with Gasteiger partial charge in [0.2, 0.25) is 0 Å². The van der Waals surface area contributed by atoms with Crippen molar-refractivity contribution in [1.82, 2.24) is 20.1 Å². The summed E-state index contributed by atoms with van der Waals surface area (Å²) in [6, 6.07) is 21.8. The fraction of sp³-hybridized carbons (Fsp3) is 0.133. The van der Waals surface area contributed by atoms with Gasteiger partial charge in [-0.05, 0) is 67.1 Å². The number of carboxylic acid groups (broad SMARTS) is 1. The minimum absolute atomic E-state index is 0.0608. The van der Waals surface area contributed by atoms with Gasteiger partial charge in [0.05, 0.1) is 29.4 Å². The molecular weight excluding hydrogens is 571 g/mol. The molecule has 0 aliphatic rings. The average Bonchev–Trinajstić information content (AvgIpc) is 3.37.